The van der Waals surface area contributed by atoms with Crippen LogP contribution < -0.4 is 14.8 Å². The van der Waals surface area contributed by atoms with Crippen molar-refractivity contribution in [3.8, 4) is 22.6 Å². The van der Waals surface area contributed by atoms with Crippen LogP contribution in [0, 0.1) is 11.3 Å². The first-order valence-corrected chi connectivity index (χ1v) is 11.8. The number of carbonyl (C=O) groups excluding carboxylic acids is 1. The molecular weight excluding hydrogens is 442 g/mol. The average Bonchev–Trinajstić information content (AvgIpc) is 2.82. The van der Waals surface area contributed by atoms with Crippen LogP contribution in [0.15, 0.2) is 42.5 Å². The maximum Gasteiger partial charge on any atom is 0.407 e. The number of nitrogens with zero attached hydrogens (tertiary/aromatic N) is 1. The molecule has 1 unspecified atom stereocenters. The van der Waals surface area contributed by atoms with E-state index in [2.05, 4.69) is 28.8 Å². The number of amides is 1. The highest BCUT2D eigenvalue weighted by molar-refractivity contribution is 5.70. The summed E-state index contributed by atoms with van der Waals surface area (Å²) in [5.41, 5.74) is 2.31. The van der Waals surface area contributed by atoms with Gasteiger partial charge in [0.15, 0.2) is 0 Å². The van der Waals surface area contributed by atoms with Crippen molar-refractivity contribution in [2.45, 2.75) is 45.4 Å². The zero-order chi connectivity index (χ0) is 23.9. The summed E-state index contributed by atoms with van der Waals surface area (Å²) in [6.45, 7) is 4.71. The lowest BCUT2D eigenvalue weighted by Gasteiger charge is -2.44. The first-order valence-electron chi connectivity index (χ1n) is 11.8. The smallest absolute Gasteiger partial charge is 0.407 e. The van der Waals surface area contributed by atoms with E-state index in [1.54, 1.807) is 12.1 Å². The van der Waals surface area contributed by atoms with Crippen LogP contribution in [-0.2, 0) is 4.74 Å². The van der Waals surface area contributed by atoms with Gasteiger partial charge in [-0.05, 0) is 61.2 Å². The van der Waals surface area contributed by atoms with E-state index in [1.165, 1.54) is 12.1 Å². The molecule has 1 N–H and O–H groups in total. The number of nitrogens with one attached hydrogen (secondary N) is 1. The third-order valence-corrected chi connectivity index (χ3v) is 7.24. The van der Waals surface area contributed by atoms with E-state index in [-0.39, 0.29) is 29.4 Å². The maximum absolute atomic E-state index is 12.9. The second-order valence-corrected chi connectivity index (χ2v) is 10.1. The van der Waals surface area contributed by atoms with Crippen LogP contribution in [0.5, 0.6) is 11.5 Å². The predicted octanol–water partition coefficient (Wildman–Crippen LogP) is 5.24. The number of halogens is 2. The Morgan fingerprint density at radius 2 is 1.82 bits per heavy atom. The molecule has 0 aliphatic carbocycles. The average molecular weight is 473 g/mol. The third-order valence-electron chi connectivity index (χ3n) is 7.24. The van der Waals surface area contributed by atoms with Gasteiger partial charge < -0.3 is 19.5 Å². The number of alkyl halides is 2. The summed E-state index contributed by atoms with van der Waals surface area (Å²) in [6.07, 6.45) is 1.73. The number of benzene rings is 2. The molecule has 3 fully saturated rings. The molecule has 34 heavy (non-hydrogen) atoms. The molecule has 2 aromatic carbocycles. The Bertz CT molecular complexity index is 1040. The van der Waals surface area contributed by atoms with E-state index >= 15 is 0 Å². The van der Waals surface area contributed by atoms with Gasteiger partial charge >= 0.3 is 12.7 Å². The molecule has 0 radical (unpaired) electrons. The summed E-state index contributed by atoms with van der Waals surface area (Å²) in [5, 5.41) is 3.11. The summed E-state index contributed by atoms with van der Waals surface area (Å²) in [7, 11) is 0. The van der Waals surface area contributed by atoms with Crippen molar-refractivity contribution in [3.05, 3.63) is 48.0 Å². The SMILES string of the molecule is CC1(C)COc2cc(-c3ccc(OC(F)F)cc3)ccc2C1NC(=O)O[C@H]1CN2CCC1CC2. The number of alkyl carbamates (subject to hydrolysis) is 1. The minimum absolute atomic E-state index is 0.0516. The van der Waals surface area contributed by atoms with Gasteiger partial charge in [-0.25, -0.2) is 4.79 Å². The Hall–Kier alpha value is -2.87. The fraction of sp³-hybridized carbons (Fsp3) is 0.500. The Morgan fingerprint density at radius 3 is 2.47 bits per heavy atom. The molecular formula is C26H30F2N2O4. The van der Waals surface area contributed by atoms with Crippen molar-refractivity contribution in [2.75, 3.05) is 26.2 Å². The van der Waals surface area contributed by atoms with Crippen molar-refractivity contribution in [1.82, 2.24) is 10.2 Å². The molecule has 4 aliphatic rings. The van der Waals surface area contributed by atoms with E-state index in [9.17, 15) is 13.6 Å². The molecule has 2 bridgehead atoms. The monoisotopic (exact) mass is 472 g/mol. The summed E-state index contributed by atoms with van der Waals surface area (Å²) < 4.78 is 41.2. The lowest BCUT2D eigenvalue weighted by Crippen LogP contribution is -2.53. The molecule has 4 heterocycles. The van der Waals surface area contributed by atoms with E-state index in [1.807, 2.05) is 18.2 Å². The second-order valence-electron chi connectivity index (χ2n) is 10.1. The highest BCUT2D eigenvalue weighted by Crippen LogP contribution is 2.44. The van der Waals surface area contributed by atoms with Crippen LogP contribution in [0.1, 0.15) is 38.3 Å². The van der Waals surface area contributed by atoms with Crippen molar-refractivity contribution in [2.24, 2.45) is 11.3 Å². The molecule has 6 rings (SSSR count). The zero-order valence-electron chi connectivity index (χ0n) is 19.4. The fourth-order valence-corrected chi connectivity index (χ4v) is 5.28. The van der Waals surface area contributed by atoms with Gasteiger partial charge in [0, 0.05) is 17.5 Å². The summed E-state index contributed by atoms with van der Waals surface area (Å²) in [6, 6.07) is 12.0. The summed E-state index contributed by atoms with van der Waals surface area (Å²) in [4.78, 5) is 15.3. The van der Waals surface area contributed by atoms with Gasteiger partial charge in [-0.1, -0.05) is 38.1 Å². The van der Waals surface area contributed by atoms with Gasteiger partial charge in [-0.3, -0.25) is 4.90 Å². The van der Waals surface area contributed by atoms with Gasteiger partial charge in [0.2, 0.25) is 0 Å². The standard InChI is InChI=1S/C26H30F2N2O4/c1-26(2)15-32-21-13-18(16-3-6-19(7-4-16)33-24(27)28)5-8-20(21)23(26)29-25(31)34-22-14-30-11-9-17(22)10-12-30/h3-8,13,17,22-24H,9-12,14-15H2,1-2H3,(H,29,31)/t22-,23?/m0/s1. The first kappa shape index (κ1) is 22.9. The maximum atomic E-state index is 12.9. The van der Waals surface area contributed by atoms with Crippen LogP contribution in [-0.4, -0.2) is 49.9 Å². The third kappa shape index (κ3) is 4.69. The van der Waals surface area contributed by atoms with E-state index in [4.69, 9.17) is 9.47 Å². The van der Waals surface area contributed by atoms with Crippen LogP contribution in [0.4, 0.5) is 13.6 Å². The Morgan fingerprint density at radius 1 is 1.12 bits per heavy atom. The quantitative estimate of drug-likeness (QED) is 0.645. The summed E-state index contributed by atoms with van der Waals surface area (Å²) >= 11 is 0. The highest BCUT2D eigenvalue weighted by atomic mass is 19.3. The normalized spacial score (nSPS) is 27.0. The topological polar surface area (TPSA) is 60.0 Å². The molecule has 0 aromatic heterocycles. The number of carbonyl (C=O) groups is 1. The molecule has 1 amide bonds. The molecule has 2 aromatic rings. The zero-order valence-corrected chi connectivity index (χ0v) is 19.4. The van der Waals surface area contributed by atoms with E-state index in [0.717, 1.165) is 49.2 Å². The second kappa shape index (κ2) is 9.06. The predicted molar refractivity (Wildman–Crippen MR) is 123 cm³/mol. The largest absolute Gasteiger partial charge is 0.493 e. The number of hydrogen-bond donors (Lipinski definition) is 1. The van der Waals surface area contributed by atoms with Crippen molar-refractivity contribution < 1.29 is 27.8 Å². The Balaban J connectivity index is 1.32. The Kier molecular flexibility index (Phi) is 6.10. The minimum atomic E-state index is -2.85. The van der Waals surface area contributed by atoms with Crippen LogP contribution in [0.2, 0.25) is 0 Å². The molecule has 2 atom stereocenters. The van der Waals surface area contributed by atoms with Crippen molar-refractivity contribution in [3.63, 3.8) is 0 Å². The number of ether oxygens (including phenoxy) is 3. The molecule has 182 valence electrons. The number of piperidine rings is 3. The van der Waals surface area contributed by atoms with Crippen molar-refractivity contribution in [1.29, 1.82) is 0 Å². The van der Waals surface area contributed by atoms with Crippen molar-refractivity contribution >= 4 is 6.09 Å². The molecule has 6 nitrogen and oxygen atoms in total. The lowest BCUT2D eigenvalue weighted by molar-refractivity contribution is -0.0498. The number of fused-ring (bicyclic) bond motifs is 4. The van der Waals surface area contributed by atoms with Crippen LogP contribution in [0.3, 0.4) is 0 Å². The molecule has 8 heteroatoms. The van der Waals surface area contributed by atoms with Gasteiger partial charge in [-0.15, -0.1) is 0 Å². The van der Waals surface area contributed by atoms with Crippen LogP contribution in [0.25, 0.3) is 11.1 Å². The molecule has 0 saturated carbocycles. The van der Waals surface area contributed by atoms with E-state index < -0.39 is 6.61 Å². The molecule has 3 saturated heterocycles. The fourth-order valence-electron chi connectivity index (χ4n) is 5.28. The highest BCUT2D eigenvalue weighted by Gasteiger charge is 2.41. The van der Waals surface area contributed by atoms with E-state index in [0.29, 0.717) is 18.3 Å². The van der Waals surface area contributed by atoms with Gasteiger partial charge in [0.1, 0.15) is 17.6 Å². The van der Waals surface area contributed by atoms with Crippen LogP contribution >= 0.6 is 0 Å². The van der Waals surface area contributed by atoms with Gasteiger partial charge in [0.05, 0.1) is 12.6 Å². The first-order chi connectivity index (χ1) is 16.3. The minimum Gasteiger partial charge on any atom is -0.493 e. The van der Waals surface area contributed by atoms with Gasteiger partial charge in [-0.2, -0.15) is 8.78 Å². The number of rotatable bonds is 5. The number of hydrogen-bond acceptors (Lipinski definition) is 5. The molecule has 0 spiro atoms. The Labute approximate surface area is 198 Å². The van der Waals surface area contributed by atoms with Gasteiger partial charge in [0.25, 0.3) is 0 Å². The summed E-state index contributed by atoms with van der Waals surface area (Å²) in [5.74, 6) is 1.25. The molecule has 4 aliphatic heterocycles. The lowest BCUT2D eigenvalue weighted by atomic mass is 9.78.